The van der Waals surface area contributed by atoms with Gasteiger partial charge in [-0.05, 0) is 23.8 Å². The van der Waals surface area contributed by atoms with Crippen molar-refractivity contribution in [3.05, 3.63) is 29.6 Å². The first kappa shape index (κ1) is 18.7. The second kappa shape index (κ2) is 9.00. The first-order valence-corrected chi connectivity index (χ1v) is 9.94. The summed E-state index contributed by atoms with van der Waals surface area (Å²) in [5, 5.41) is 19.0. The van der Waals surface area contributed by atoms with Gasteiger partial charge in [0.25, 0.3) is 0 Å². The van der Waals surface area contributed by atoms with Crippen molar-refractivity contribution in [2.24, 2.45) is 5.92 Å². The van der Waals surface area contributed by atoms with Crippen molar-refractivity contribution in [1.29, 1.82) is 0 Å². The van der Waals surface area contributed by atoms with Gasteiger partial charge in [0.1, 0.15) is 0 Å². The Labute approximate surface area is 153 Å². The molecule has 3 rings (SSSR count). The van der Waals surface area contributed by atoms with E-state index in [4.69, 9.17) is 15.6 Å². The fourth-order valence-corrected chi connectivity index (χ4v) is 4.49. The SMILES string of the molecule is Nc1ccnc2c1CC=C2CN1CC(O)[C@@H](CSCCOCCO)C1. The van der Waals surface area contributed by atoms with Gasteiger partial charge in [0, 0.05) is 48.8 Å². The van der Waals surface area contributed by atoms with E-state index in [2.05, 4.69) is 16.0 Å². The monoisotopic (exact) mass is 365 g/mol. The van der Waals surface area contributed by atoms with E-state index >= 15 is 0 Å². The number of hydrogen-bond donors (Lipinski definition) is 3. The molecule has 25 heavy (non-hydrogen) atoms. The predicted octanol–water partition coefficient (Wildman–Crippen LogP) is 0.638. The van der Waals surface area contributed by atoms with Crippen molar-refractivity contribution in [2.45, 2.75) is 12.5 Å². The summed E-state index contributed by atoms with van der Waals surface area (Å²) < 4.78 is 5.26. The lowest BCUT2D eigenvalue weighted by molar-refractivity contribution is 0.103. The molecule has 1 aliphatic carbocycles. The minimum absolute atomic E-state index is 0.0699. The molecule has 0 radical (unpaired) electrons. The Hall–Kier alpha value is -1.12. The van der Waals surface area contributed by atoms with Crippen LogP contribution in [-0.2, 0) is 11.2 Å². The van der Waals surface area contributed by atoms with Crippen molar-refractivity contribution in [3.63, 3.8) is 0 Å². The van der Waals surface area contributed by atoms with E-state index in [-0.39, 0.29) is 18.6 Å². The molecule has 1 fully saturated rings. The van der Waals surface area contributed by atoms with E-state index in [0.29, 0.717) is 19.8 Å². The number of allylic oxidation sites excluding steroid dienone is 1. The highest BCUT2D eigenvalue weighted by atomic mass is 32.2. The maximum atomic E-state index is 10.3. The largest absolute Gasteiger partial charge is 0.398 e. The molecular formula is C18H27N3O3S. The average molecular weight is 365 g/mol. The molecule has 2 atom stereocenters. The lowest BCUT2D eigenvalue weighted by Gasteiger charge is -2.17. The molecule has 6 nitrogen and oxygen atoms in total. The van der Waals surface area contributed by atoms with Crippen LogP contribution in [0.4, 0.5) is 5.69 Å². The Morgan fingerprint density at radius 3 is 3.08 bits per heavy atom. The number of hydrogen-bond acceptors (Lipinski definition) is 7. The summed E-state index contributed by atoms with van der Waals surface area (Å²) in [7, 11) is 0. The topological polar surface area (TPSA) is 91.8 Å². The molecule has 4 N–H and O–H groups in total. The molecule has 2 heterocycles. The second-order valence-electron chi connectivity index (χ2n) is 6.59. The third-order valence-electron chi connectivity index (χ3n) is 4.76. The van der Waals surface area contributed by atoms with Gasteiger partial charge in [-0.2, -0.15) is 11.8 Å². The number of aromatic nitrogens is 1. The summed E-state index contributed by atoms with van der Waals surface area (Å²) in [5.41, 5.74) is 10.2. The predicted molar refractivity (Wildman–Crippen MR) is 101 cm³/mol. The van der Waals surface area contributed by atoms with Gasteiger partial charge in [-0.15, -0.1) is 0 Å². The van der Waals surface area contributed by atoms with Gasteiger partial charge in [-0.25, -0.2) is 0 Å². The van der Waals surface area contributed by atoms with Crippen LogP contribution in [0, 0.1) is 5.92 Å². The zero-order valence-electron chi connectivity index (χ0n) is 14.4. The maximum Gasteiger partial charge on any atom is 0.0727 e. The maximum absolute atomic E-state index is 10.3. The number of thioether (sulfide) groups is 1. The van der Waals surface area contributed by atoms with E-state index in [1.54, 1.807) is 18.0 Å². The molecule has 1 aromatic rings. The molecule has 0 amide bonds. The van der Waals surface area contributed by atoms with Crippen LogP contribution in [0.5, 0.6) is 0 Å². The van der Waals surface area contributed by atoms with Crippen molar-refractivity contribution in [1.82, 2.24) is 9.88 Å². The van der Waals surface area contributed by atoms with Crippen molar-refractivity contribution >= 4 is 23.0 Å². The molecule has 2 aliphatic rings. The fraction of sp³-hybridized carbons (Fsp3) is 0.611. The molecule has 1 aromatic heterocycles. The summed E-state index contributed by atoms with van der Waals surface area (Å²) in [6.07, 6.45) is 4.56. The normalized spacial score (nSPS) is 23.0. The minimum atomic E-state index is -0.277. The molecule has 1 saturated heterocycles. The number of pyridine rings is 1. The average Bonchev–Trinajstić information content (AvgIpc) is 3.16. The van der Waals surface area contributed by atoms with Crippen LogP contribution in [0.1, 0.15) is 11.3 Å². The first-order chi connectivity index (χ1) is 12.2. The zero-order chi connectivity index (χ0) is 17.6. The summed E-state index contributed by atoms with van der Waals surface area (Å²) >= 11 is 1.80. The quantitative estimate of drug-likeness (QED) is 0.553. The van der Waals surface area contributed by atoms with Crippen LogP contribution >= 0.6 is 11.8 Å². The highest BCUT2D eigenvalue weighted by molar-refractivity contribution is 7.99. The molecule has 1 aliphatic heterocycles. The van der Waals surface area contributed by atoms with Crippen LogP contribution in [-0.4, -0.2) is 77.2 Å². The Balaban J connectivity index is 1.44. The number of fused-ring (bicyclic) bond motifs is 1. The van der Waals surface area contributed by atoms with E-state index in [1.807, 2.05) is 6.07 Å². The standard InChI is InChI=1S/C18H27N3O3S/c19-16-3-4-20-18-13(1-2-15(16)18)9-21-10-14(17(23)11-21)12-25-8-7-24-6-5-22/h1,3-4,14,17,22-23H,2,5-12H2,(H2,19,20)/t14-,17?/m1/s1. The molecule has 0 bridgehead atoms. The number of aliphatic hydroxyl groups is 2. The summed E-state index contributed by atoms with van der Waals surface area (Å²) in [6, 6.07) is 1.85. The molecule has 0 spiro atoms. The van der Waals surface area contributed by atoms with Crippen LogP contribution in [0.25, 0.3) is 5.57 Å². The van der Waals surface area contributed by atoms with Gasteiger partial charge in [0.2, 0.25) is 0 Å². The number of ether oxygens (including phenoxy) is 1. The summed E-state index contributed by atoms with van der Waals surface area (Å²) in [4.78, 5) is 6.80. The van der Waals surface area contributed by atoms with E-state index in [9.17, 15) is 5.11 Å². The molecule has 138 valence electrons. The van der Waals surface area contributed by atoms with Gasteiger partial charge in [-0.3, -0.25) is 9.88 Å². The number of likely N-dealkylation sites (tertiary alicyclic amines) is 1. The molecule has 1 unspecified atom stereocenters. The summed E-state index contributed by atoms with van der Waals surface area (Å²) in [5.74, 6) is 2.12. The Kier molecular flexibility index (Phi) is 6.72. The Morgan fingerprint density at radius 2 is 2.24 bits per heavy atom. The Bertz CT molecular complexity index is 611. The highest BCUT2D eigenvalue weighted by Gasteiger charge is 2.32. The molecule has 7 heteroatoms. The number of aliphatic hydroxyl groups excluding tert-OH is 2. The van der Waals surface area contributed by atoms with E-state index in [0.717, 1.165) is 48.0 Å². The van der Waals surface area contributed by atoms with Gasteiger partial charge in [-0.1, -0.05) is 6.08 Å². The van der Waals surface area contributed by atoms with Crippen LogP contribution in [0.3, 0.4) is 0 Å². The van der Waals surface area contributed by atoms with Gasteiger partial charge in [0.15, 0.2) is 0 Å². The van der Waals surface area contributed by atoms with Crippen LogP contribution in [0.2, 0.25) is 0 Å². The van der Waals surface area contributed by atoms with E-state index in [1.165, 1.54) is 5.57 Å². The first-order valence-electron chi connectivity index (χ1n) is 8.78. The lowest BCUT2D eigenvalue weighted by atomic mass is 10.1. The van der Waals surface area contributed by atoms with E-state index < -0.39 is 0 Å². The molecular weight excluding hydrogens is 338 g/mol. The summed E-state index contributed by atoms with van der Waals surface area (Å²) in [6.45, 7) is 3.55. The number of rotatable bonds is 9. The lowest BCUT2D eigenvalue weighted by Crippen LogP contribution is -2.24. The Morgan fingerprint density at radius 1 is 1.36 bits per heavy atom. The molecule has 0 saturated carbocycles. The minimum Gasteiger partial charge on any atom is -0.398 e. The highest BCUT2D eigenvalue weighted by Crippen LogP contribution is 2.31. The van der Waals surface area contributed by atoms with Crippen molar-refractivity contribution in [2.75, 3.05) is 56.7 Å². The molecule has 0 aromatic carbocycles. The van der Waals surface area contributed by atoms with Crippen molar-refractivity contribution in [3.8, 4) is 0 Å². The number of anilines is 1. The smallest absolute Gasteiger partial charge is 0.0727 e. The number of nitrogens with two attached hydrogens (primary N) is 1. The van der Waals surface area contributed by atoms with Crippen LogP contribution < -0.4 is 5.73 Å². The third-order valence-corrected chi connectivity index (χ3v) is 5.88. The number of nitrogens with zero attached hydrogens (tertiary/aromatic N) is 2. The number of β-amino-alcohol motifs (C(OH)–C–C–N with tert-alkyl or cyclic N) is 1. The van der Waals surface area contributed by atoms with Gasteiger partial charge < -0.3 is 20.7 Å². The third kappa shape index (κ3) is 4.74. The van der Waals surface area contributed by atoms with Crippen LogP contribution in [0.15, 0.2) is 18.3 Å². The second-order valence-corrected chi connectivity index (χ2v) is 7.74. The van der Waals surface area contributed by atoms with Crippen molar-refractivity contribution < 1.29 is 14.9 Å². The van der Waals surface area contributed by atoms with Gasteiger partial charge in [0.05, 0.1) is 31.6 Å². The fourth-order valence-electron chi connectivity index (χ4n) is 3.45. The zero-order valence-corrected chi connectivity index (χ0v) is 15.2. The van der Waals surface area contributed by atoms with Gasteiger partial charge >= 0.3 is 0 Å². The number of nitrogen functional groups attached to an aromatic ring is 1.